The lowest BCUT2D eigenvalue weighted by Gasteiger charge is -2.50. The van der Waals surface area contributed by atoms with Crippen molar-refractivity contribution in [3.05, 3.63) is 38.9 Å². The van der Waals surface area contributed by atoms with Crippen molar-refractivity contribution < 1.29 is 24.7 Å². The number of amides is 2. The molecule has 4 heterocycles. The van der Waals surface area contributed by atoms with E-state index in [-0.39, 0.29) is 26.7 Å². The molecule has 16 heteroatoms. The lowest BCUT2D eigenvalue weighted by atomic mass is 9.86. The SMILES string of the molecule is Nc1nc(/C(=N/O)C(=O)NC2C(=O)N3C(C(=O)O)=C(Sc4c(Cl)cncc4Cl)CCC23)ns1. The van der Waals surface area contributed by atoms with E-state index < -0.39 is 35.6 Å². The number of nitrogens with one attached hydrogen (secondary N) is 1. The zero-order valence-electron chi connectivity index (χ0n) is 16.2. The van der Waals surface area contributed by atoms with Crippen LogP contribution in [0.25, 0.3) is 0 Å². The molecule has 0 aromatic carbocycles. The molecule has 0 radical (unpaired) electrons. The standard InChI is InChI=1S/C17H13Cl2N7O5S2/c18-5-3-21-4-6(19)12(5)32-8-2-1-7-9(15(28)26(7)11(8)16(29)30)22-14(27)10(24-31)13-23-17(20)33-25-13/h3-4,7,9,31H,1-2H2,(H,22,27)(H,29,30)(H2,20,23,25)/b24-10-. The number of β-lactam (4-membered cyclic amide) rings is 1. The molecule has 2 aromatic rings. The third-order valence-electron chi connectivity index (χ3n) is 4.88. The van der Waals surface area contributed by atoms with E-state index in [0.717, 1.165) is 28.2 Å². The second-order valence-corrected chi connectivity index (χ2v) is 9.48. The molecule has 0 bridgehead atoms. The minimum Gasteiger partial charge on any atom is -0.477 e. The smallest absolute Gasteiger partial charge is 0.353 e. The van der Waals surface area contributed by atoms with Crippen LogP contribution in [-0.4, -0.2) is 65.1 Å². The zero-order chi connectivity index (χ0) is 23.9. The number of nitrogen functional groups attached to an aromatic ring is 1. The first-order chi connectivity index (χ1) is 15.7. The van der Waals surface area contributed by atoms with Crippen LogP contribution in [0.2, 0.25) is 10.0 Å². The van der Waals surface area contributed by atoms with Gasteiger partial charge in [0.15, 0.2) is 5.13 Å². The molecule has 0 saturated carbocycles. The first-order valence-electron chi connectivity index (χ1n) is 9.11. The molecule has 172 valence electrons. The quantitative estimate of drug-likeness (QED) is 0.185. The van der Waals surface area contributed by atoms with E-state index in [2.05, 4.69) is 24.8 Å². The van der Waals surface area contributed by atoms with Gasteiger partial charge in [0.1, 0.15) is 11.7 Å². The first kappa shape index (κ1) is 23.2. The van der Waals surface area contributed by atoms with Crippen LogP contribution in [0, 0.1) is 0 Å². The average Bonchev–Trinajstić information content (AvgIpc) is 3.20. The Bertz CT molecular complexity index is 1210. The number of anilines is 1. The number of fused-ring (bicyclic) bond motifs is 1. The summed E-state index contributed by atoms with van der Waals surface area (Å²) in [6, 6.07) is -1.62. The molecular weight excluding hydrogens is 517 g/mol. The minimum absolute atomic E-state index is 0.0628. The number of nitrogens with zero attached hydrogens (tertiary/aromatic N) is 5. The van der Waals surface area contributed by atoms with Crippen LogP contribution in [0.15, 0.2) is 33.0 Å². The number of oxime groups is 1. The summed E-state index contributed by atoms with van der Waals surface area (Å²) in [6.07, 6.45) is 3.43. The van der Waals surface area contributed by atoms with E-state index >= 15 is 0 Å². The number of allylic oxidation sites excluding steroid dienone is 1. The molecule has 12 nitrogen and oxygen atoms in total. The van der Waals surface area contributed by atoms with E-state index in [1.807, 2.05) is 0 Å². The second kappa shape index (κ2) is 9.13. The molecule has 5 N–H and O–H groups in total. The minimum atomic E-state index is -1.30. The molecule has 2 aliphatic rings. The zero-order valence-corrected chi connectivity index (χ0v) is 19.4. The number of aromatic nitrogens is 3. The molecule has 1 saturated heterocycles. The molecule has 2 aliphatic heterocycles. The predicted octanol–water partition coefficient (Wildman–Crippen LogP) is 1.58. The number of aliphatic carboxylic acids is 1. The molecule has 2 atom stereocenters. The lowest BCUT2D eigenvalue weighted by Crippen LogP contribution is -2.72. The number of carbonyl (C=O) groups is 3. The average molecular weight is 530 g/mol. The summed E-state index contributed by atoms with van der Waals surface area (Å²) in [5.41, 5.74) is 4.76. The molecule has 2 aromatic heterocycles. The summed E-state index contributed by atoms with van der Waals surface area (Å²) < 4.78 is 3.80. The van der Waals surface area contributed by atoms with Gasteiger partial charge in [0.2, 0.25) is 11.5 Å². The summed E-state index contributed by atoms with van der Waals surface area (Å²) >= 11 is 14.1. The van der Waals surface area contributed by atoms with Crippen LogP contribution in [0.5, 0.6) is 0 Å². The maximum absolute atomic E-state index is 12.8. The summed E-state index contributed by atoms with van der Waals surface area (Å²) in [5.74, 6) is -3.02. The number of carboxylic acid groups (broad SMARTS) is 1. The van der Waals surface area contributed by atoms with Crippen LogP contribution < -0.4 is 11.1 Å². The van der Waals surface area contributed by atoms with Crippen molar-refractivity contribution in [2.45, 2.75) is 29.8 Å². The summed E-state index contributed by atoms with van der Waals surface area (Å²) in [5, 5.41) is 24.9. The predicted molar refractivity (Wildman–Crippen MR) is 119 cm³/mol. The van der Waals surface area contributed by atoms with E-state index in [1.165, 1.54) is 12.4 Å². The van der Waals surface area contributed by atoms with Crippen molar-refractivity contribution in [1.82, 2.24) is 24.6 Å². The van der Waals surface area contributed by atoms with Crippen molar-refractivity contribution in [1.29, 1.82) is 0 Å². The Kier molecular flexibility index (Phi) is 6.43. The van der Waals surface area contributed by atoms with E-state index in [0.29, 0.717) is 22.6 Å². The number of rotatable bonds is 6. The number of carboxylic acids is 1. The maximum atomic E-state index is 12.8. The van der Waals surface area contributed by atoms with Crippen LogP contribution in [0.3, 0.4) is 0 Å². The van der Waals surface area contributed by atoms with Gasteiger partial charge >= 0.3 is 5.97 Å². The molecule has 0 aliphatic carbocycles. The monoisotopic (exact) mass is 529 g/mol. The van der Waals surface area contributed by atoms with Gasteiger partial charge in [0, 0.05) is 28.8 Å². The second-order valence-electron chi connectivity index (χ2n) is 6.78. The molecule has 2 unspecified atom stereocenters. The number of thioether (sulfide) groups is 1. The molecule has 0 spiro atoms. The Morgan fingerprint density at radius 1 is 1.33 bits per heavy atom. The fourth-order valence-corrected chi connectivity index (χ4v) is 5.56. The molecule has 4 rings (SSSR count). The first-order valence-corrected chi connectivity index (χ1v) is 11.5. The Morgan fingerprint density at radius 3 is 2.61 bits per heavy atom. The molecule has 1 fully saturated rings. The number of hydrogen-bond donors (Lipinski definition) is 4. The number of halogens is 2. The Balaban J connectivity index is 1.55. The van der Waals surface area contributed by atoms with Gasteiger partial charge < -0.3 is 21.4 Å². The Morgan fingerprint density at radius 2 is 2.03 bits per heavy atom. The number of hydrogen-bond acceptors (Lipinski definition) is 11. The number of nitrogens with two attached hydrogens (primary N) is 1. The van der Waals surface area contributed by atoms with Crippen molar-refractivity contribution >= 4 is 75.1 Å². The summed E-state index contributed by atoms with van der Waals surface area (Å²) in [6.45, 7) is 0. The van der Waals surface area contributed by atoms with E-state index in [9.17, 15) is 24.7 Å². The third kappa shape index (κ3) is 4.21. The largest absolute Gasteiger partial charge is 0.477 e. The van der Waals surface area contributed by atoms with Gasteiger partial charge in [-0.25, -0.2) is 4.79 Å². The van der Waals surface area contributed by atoms with Gasteiger partial charge in [-0.05, 0) is 12.8 Å². The van der Waals surface area contributed by atoms with Gasteiger partial charge in [0.25, 0.3) is 11.8 Å². The highest BCUT2D eigenvalue weighted by atomic mass is 35.5. The van der Waals surface area contributed by atoms with Gasteiger partial charge in [0.05, 0.1) is 21.0 Å². The highest BCUT2D eigenvalue weighted by Crippen LogP contribution is 2.46. The van der Waals surface area contributed by atoms with Crippen LogP contribution in [-0.2, 0) is 14.4 Å². The van der Waals surface area contributed by atoms with Crippen molar-refractivity contribution in [2.24, 2.45) is 5.16 Å². The topological polar surface area (TPSA) is 184 Å². The number of pyridine rings is 1. The fourth-order valence-electron chi connectivity index (χ4n) is 3.48. The van der Waals surface area contributed by atoms with E-state index in [4.69, 9.17) is 28.9 Å². The highest BCUT2D eigenvalue weighted by molar-refractivity contribution is 8.03. The Labute approximate surface area is 203 Å². The molecule has 33 heavy (non-hydrogen) atoms. The summed E-state index contributed by atoms with van der Waals surface area (Å²) in [4.78, 5) is 47.0. The normalized spacial score (nSPS) is 20.4. The maximum Gasteiger partial charge on any atom is 0.353 e. The van der Waals surface area contributed by atoms with Gasteiger partial charge in [-0.15, -0.1) is 0 Å². The highest BCUT2D eigenvalue weighted by Gasteiger charge is 2.54. The Hall–Kier alpha value is -2.94. The van der Waals surface area contributed by atoms with Crippen molar-refractivity contribution in [2.75, 3.05) is 5.73 Å². The molecular formula is C17H13Cl2N7O5S2. The van der Waals surface area contributed by atoms with Crippen LogP contribution in [0.1, 0.15) is 18.7 Å². The lowest BCUT2D eigenvalue weighted by molar-refractivity contribution is -0.155. The van der Waals surface area contributed by atoms with Crippen LogP contribution >= 0.6 is 46.5 Å². The van der Waals surface area contributed by atoms with Crippen molar-refractivity contribution in [3.63, 3.8) is 0 Å². The van der Waals surface area contributed by atoms with Crippen molar-refractivity contribution in [3.8, 4) is 0 Å². The summed E-state index contributed by atoms with van der Waals surface area (Å²) in [7, 11) is 0. The van der Waals surface area contributed by atoms with Crippen LogP contribution in [0.4, 0.5) is 5.13 Å². The van der Waals surface area contributed by atoms with Gasteiger partial charge in [-0.1, -0.05) is 40.1 Å². The van der Waals surface area contributed by atoms with Gasteiger partial charge in [-0.3, -0.25) is 19.5 Å². The third-order valence-corrected chi connectivity index (χ3v) is 7.51. The van der Waals surface area contributed by atoms with Gasteiger partial charge in [-0.2, -0.15) is 9.36 Å². The van der Waals surface area contributed by atoms with E-state index in [1.54, 1.807) is 0 Å². The molecule has 2 amide bonds. The number of carbonyl (C=O) groups excluding carboxylic acids is 2. The fraction of sp³-hybridized carbons (Fsp3) is 0.235.